The third kappa shape index (κ3) is 3.66. The number of nitrogens with zero attached hydrogens (tertiary/aromatic N) is 4. The molecule has 1 saturated heterocycles. The Morgan fingerprint density at radius 1 is 1.11 bits per heavy atom. The van der Waals surface area contributed by atoms with Crippen LogP contribution in [0.1, 0.15) is 50.4 Å². The summed E-state index contributed by atoms with van der Waals surface area (Å²) in [7, 11) is 0. The van der Waals surface area contributed by atoms with E-state index in [1.165, 1.54) is 6.33 Å². The first-order chi connectivity index (χ1) is 13.5. The van der Waals surface area contributed by atoms with Gasteiger partial charge in [-0.3, -0.25) is 0 Å². The van der Waals surface area contributed by atoms with E-state index in [9.17, 15) is 8.78 Å². The number of aromatic nitrogens is 4. The van der Waals surface area contributed by atoms with Crippen LogP contribution in [0.15, 0.2) is 23.0 Å². The van der Waals surface area contributed by atoms with Gasteiger partial charge >= 0.3 is 0 Å². The van der Waals surface area contributed by atoms with Crippen LogP contribution in [0.5, 0.6) is 0 Å². The molecule has 1 aliphatic rings. The molecule has 3 aromatic rings. The molecule has 0 bridgehead atoms. The first kappa shape index (κ1) is 18.7. The normalized spacial score (nSPS) is 16.6. The van der Waals surface area contributed by atoms with Crippen molar-refractivity contribution in [2.45, 2.75) is 38.6 Å². The van der Waals surface area contributed by atoms with Gasteiger partial charge in [-0.25, -0.2) is 18.7 Å². The lowest BCUT2D eigenvalue weighted by atomic mass is 9.91. The molecule has 1 aromatic carbocycles. The van der Waals surface area contributed by atoms with Crippen molar-refractivity contribution in [2.24, 2.45) is 5.92 Å². The van der Waals surface area contributed by atoms with E-state index in [2.05, 4.69) is 25.4 Å². The van der Waals surface area contributed by atoms with E-state index in [0.29, 0.717) is 41.6 Å². The van der Waals surface area contributed by atoms with Crippen LogP contribution in [0.25, 0.3) is 10.9 Å². The largest absolute Gasteiger partial charge is 0.381 e. The topological polar surface area (TPSA) is 86.0 Å². The lowest BCUT2D eigenvalue weighted by molar-refractivity contribution is 0.0571. The summed E-state index contributed by atoms with van der Waals surface area (Å²) in [6.45, 7) is 5.25. The van der Waals surface area contributed by atoms with E-state index in [4.69, 9.17) is 9.26 Å². The van der Waals surface area contributed by atoms with Crippen molar-refractivity contribution in [3.8, 4) is 0 Å². The lowest BCUT2D eigenvalue weighted by Gasteiger charge is -2.29. The number of rotatable bonds is 5. The number of hydrogen-bond acceptors (Lipinski definition) is 7. The minimum atomic E-state index is -0.951. The van der Waals surface area contributed by atoms with Crippen LogP contribution in [-0.4, -0.2) is 33.3 Å². The zero-order valence-corrected chi connectivity index (χ0v) is 15.7. The molecule has 148 valence electrons. The second-order valence-corrected chi connectivity index (χ2v) is 7.22. The van der Waals surface area contributed by atoms with Crippen molar-refractivity contribution < 1.29 is 18.0 Å². The fourth-order valence-electron chi connectivity index (χ4n) is 3.35. The molecule has 9 heteroatoms. The molecule has 0 amide bonds. The van der Waals surface area contributed by atoms with Crippen molar-refractivity contribution in [3.05, 3.63) is 41.8 Å². The van der Waals surface area contributed by atoms with E-state index in [1.54, 1.807) is 0 Å². The number of fused-ring (bicyclic) bond motifs is 1. The fraction of sp³-hybridized carbons (Fsp3) is 0.474. The van der Waals surface area contributed by atoms with E-state index in [1.807, 2.05) is 13.8 Å². The van der Waals surface area contributed by atoms with Crippen molar-refractivity contribution in [3.63, 3.8) is 0 Å². The number of halogens is 2. The molecule has 2 aromatic heterocycles. The Balaban J connectivity index is 1.73. The van der Waals surface area contributed by atoms with Crippen molar-refractivity contribution in [2.75, 3.05) is 18.5 Å². The number of benzene rings is 1. The van der Waals surface area contributed by atoms with Gasteiger partial charge < -0.3 is 14.6 Å². The maximum atomic E-state index is 13.8. The van der Waals surface area contributed by atoms with Crippen LogP contribution in [-0.2, 0) is 4.74 Å². The Bertz CT molecular complexity index is 972. The first-order valence-corrected chi connectivity index (χ1v) is 9.30. The molecule has 0 unspecified atom stereocenters. The Kier molecular flexibility index (Phi) is 5.17. The molecule has 0 spiro atoms. The van der Waals surface area contributed by atoms with E-state index >= 15 is 0 Å². The van der Waals surface area contributed by atoms with Crippen molar-refractivity contribution in [1.29, 1.82) is 0 Å². The molecule has 0 aliphatic carbocycles. The molecule has 1 atom stereocenters. The predicted molar refractivity (Wildman–Crippen MR) is 97.7 cm³/mol. The molecule has 0 saturated carbocycles. The zero-order valence-electron chi connectivity index (χ0n) is 15.7. The maximum Gasteiger partial charge on any atom is 0.249 e. The minimum Gasteiger partial charge on any atom is -0.381 e. The summed E-state index contributed by atoms with van der Waals surface area (Å²) < 4.78 is 38.4. The van der Waals surface area contributed by atoms with Gasteiger partial charge in [0.2, 0.25) is 5.89 Å². The number of hydrogen-bond donors (Lipinski definition) is 1. The van der Waals surface area contributed by atoms with Crippen LogP contribution >= 0.6 is 0 Å². The third-order valence-electron chi connectivity index (χ3n) is 4.95. The minimum absolute atomic E-state index is 0.129. The van der Waals surface area contributed by atoms with Gasteiger partial charge in [-0.1, -0.05) is 19.0 Å². The lowest BCUT2D eigenvalue weighted by Crippen LogP contribution is -2.27. The highest BCUT2D eigenvalue weighted by Gasteiger charge is 2.31. The molecule has 0 radical (unpaired) electrons. The summed E-state index contributed by atoms with van der Waals surface area (Å²) in [5.41, 5.74) is 0.315. The standard InChI is InChI=1S/C19H21F2N5O2/c1-10(2)17-25-19(28-26-17)16(11-3-5-27-6-4-11)24-18-12-7-13(20)14(21)8-15(12)22-9-23-18/h7-11,16H,3-6H2,1-2H3,(H,22,23,24)/t16-/m1/s1. The first-order valence-electron chi connectivity index (χ1n) is 9.30. The molecular weight excluding hydrogens is 368 g/mol. The molecule has 4 rings (SSSR count). The summed E-state index contributed by atoms with van der Waals surface area (Å²) in [6.07, 6.45) is 2.93. The van der Waals surface area contributed by atoms with Gasteiger partial charge in [-0.2, -0.15) is 4.98 Å². The molecule has 1 aliphatic heterocycles. The number of anilines is 1. The van der Waals surface area contributed by atoms with Gasteiger partial charge in [-0.15, -0.1) is 0 Å². The Morgan fingerprint density at radius 2 is 1.86 bits per heavy atom. The molecule has 3 heterocycles. The average molecular weight is 389 g/mol. The molecular formula is C19H21F2N5O2. The van der Waals surface area contributed by atoms with E-state index in [0.717, 1.165) is 25.0 Å². The van der Waals surface area contributed by atoms with Crippen LogP contribution < -0.4 is 5.32 Å². The van der Waals surface area contributed by atoms with Gasteiger partial charge in [0, 0.05) is 30.6 Å². The summed E-state index contributed by atoms with van der Waals surface area (Å²) in [4.78, 5) is 12.8. The molecule has 1 N–H and O–H groups in total. The predicted octanol–water partition coefficient (Wildman–Crippen LogP) is 3.99. The highest BCUT2D eigenvalue weighted by atomic mass is 19.2. The second kappa shape index (κ2) is 7.75. The SMILES string of the molecule is CC(C)c1noc([C@H](Nc2ncnc3cc(F)c(F)cc23)C2CCOCC2)n1. The highest BCUT2D eigenvalue weighted by Crippen LogP contribution is 2.34. The summed E-state index contributed by atoms with van der Waals surface area (Å²) in [5.74, 6) is -0.136. The number of nitrogens with one attached hydrogen (secondary N) is 1. The van der Waals surface area contributed by atoms with Gasteiger partial charge in [0.25, 0.3) is 0 Å². The number of ether oxygens (including phenoxy) is 1. The van der Waals surface area contributed by atoms with E-state index < -0.39 is 11.6 Å². The van der Waals surface area contributed by atoms with Crippen molar-refractivity contribution >= 4 is 16.7 Å². The van der Waals surface area contributed by atoms with Crippen LogP contribution in [0, 0.1) is 17.6 Å². The smallest absolute Gasteiger partial charge is 0.249 e. The average Bonchev–Trinajstić information content (AvgIpc) is 3.18. The third-order valence-corrected chi connectivity index (χ3v) is 4.95. The Labute approximate surface area is 160 Å². The van der Waals surface area contributed by atoms with Crippen LogP contribution in [0.3, 0.4) is 0 Å². The van der Waals surface area contributed by atoms with Gasteiger partial charge in [0.1, 0.15) is 18.2 Å². The summed E-state index contributed by atoms with van der Waals surface area (Å²) in [5, 5.41) is 7.77. The monoisotopic (exact) mass is 389 g/mol. The fourth-order valence-corrected chi connectivity index (χ4v) is 3.35. The molecule has 7 nitrogen and oxygen atoms in total. The van der Waals surface area contributed by atoms with E-state index in [-0.39, 0.29) is 17.9 Å². The van der Waals surface area contributed by atoms with Crippen molar-refractivity contribution in [1.82, 2.24) is 20.1 Å². The highest BCUT2D eigenvalue weighted by molar-refractivity contribution is 5.89. The van der Waals surface area contributed by atoms with Crippen LogP contribution in [0.4, 0.5) is 14.6 Å². The van der Waals surface area contributed by atoms with Gasteiger partial charge in [0.15, 0.2) is 17.5 Å². The molecule has 1 fully saturated rings. The zero-order chi connectivity index (χ0) is 19.7. The summed E-state index contributed by atoms with van der Waals surface area (Å²) in [6, 6.07) is 1.83. The Hall–Kier alpha value is -2.68. The van der Waals surface area contributed by atoms with Gasteiger partial charge in [0.05, 0.1) is 5.52 Å². The maximum absolute atomic E-state index is 13.8. The van der Waals surface area contributed by atoms with Gasteiger partial charge in [-0.05, 0) is 24.8 Å². The quantitative estimate of drug-likeness (QED) is 0.706. The van der Waals surface area contributed by atoms with Crippen LogP contribution in [0.2, 0.25) is 0 Å². The summed E-state index contributed by atoms with van der Waals surface area (Å²) >= 11 is 0. The molecule has 28 heavy (non-hydrogen) atoms. The Morgan fingerprint density at radius 3 is 2.57 bits per heavy atom. The second-order valence-electron chi connectivity index (χ2n) is 7.22.